The Bertz CT molecular complexity index is 553. The lowest BCUT2D eigenvalue weighted by atomic mass is 9.90. The quantitative estimate of drug-likeness (QED) is 0.600. The van der Waals surface area contributed by atoms with Crippen molar-refractivity contribution in [3.05, 3.63) is 38.9 Å². The van der Waals surface area contributed by atoms with Crippen molar-refractivity contribution in [2.45, 2.75) is 32.6 Å². The number of nitriles is 2. The SMILES string of the molecule is CCC(C)c1cc(C#N)c([N+](=O)[O-])cc1CC#N. The first-order valence-electron chi connectivity index (χ1n) is 5.63. The fourth-order valence-corrected chi connectivity index (χ4v) is 1.81. The van der Waals surface area contributed by atoms with E-state index in [4.69, 9.17) is 10.5 Å². The standard InChI is InChI=1S/C13H13N3O2/c1-3-9(2)12-6-11(8-15)13(16(17)18)7-10(12)4-5-14/h6-7,9H,3-4H2,1-2H3. The highest BCUT2D eigenvalue weighted by molar-refractivity contribution is 5.54. The number of nitro groups is 1. The van der Waals surface area contributed by atoms with E-state index < -0.39 is 4.92 Å². The van der Waals surface area contributed by atoms with Gasteiger partial charge in [-0.05, 0) is 29.5 Å². The van der Waals surface area contributed by atoms with E-state index in [1.165, 1.54) is 6.07 Å². The maximum atomic E-state index is 10.9. The minimum Gasteiger partial charge on any atom is -0.258 e. The third kappa shape index (κ3) is 2.64. The molecule has 1 rings (SSSR count). The molecule has 0 heterocycles. The summed E-state index contributed by atoms with van der Waals surface area (Å²) in [5.41, 5.74) is 1.31. The van der Waals surface area contributed by atoms with Gasteiger partial charge in [0.2, 0.25) is 0 Å². The molecular weight excluding hydrogens is 230 g/mol. The lowest BCUT2D eigenvalue weighted by Crippen LogP contribution is -2.02. The average Bonchev–Trinajstić information content (AvgIpc) is 2.37. The zero-order valence-corrected chi connectivity index (χ0v) is 10.3. The number of nitrogens with zero attached hydrogens (tertiary/aromatic N) is 3. The van der Waals surface area contributed by atoms with E-state index in [0.29, 0.717) is 5.56 Å². The smallest absolute Gasteiger partial charge is 0.258 e. The summed E-state index contributed by atoms with van der Waals surface area (Å²) in [6.07, 6.45) is 0.966. The van der Waals surface area contributed by atoms with Crippen LogP contribution in [0.2, 0.25) is 0 Å². The normalized spacial score (nSPS) is 11.3. The largest absolute Gasteiger partial charge is 0.287 e. The van der Waals surface area contributed by atoms with Crippen molar-refractivity contribution in [2.75, 3.05) is 0 Å². The number of hydrogen-bond acceptors (Lipinski definition) is 4. The van der Waals surface area contributed by atoms with Gasteiger partial charge < -0.3 is 0 Å². The van der Waals surface area contributed by atoms with Crippen molar-refractivity contribution in [3.8, 4) is 12.1 Å². The Hall–Kier alpha value is -2.40. The van der Waals surface area contributed by atoms with E-state index in [1.54, 1.807) is 6.07 Å². The molecule has 1 aromatic carbocycles. The summed E-state index contributed by atoms with van der Waals surface area (Å²) < 4.78 is 0. The van der Waals surface area contributed by atoms with Crippen LogP contribution in [0.3, 0.4) is 0 Å². The molecule has 0 aliphatic rings. The first kappa shape index (κ1) is 13.7. The topological polar surface area (TPSA) is 90.7 Å². The van der Waals surface area contributed by atoms with Gasteiger partial charge in [-0.3, -0.25) is 10.1 Å². The third-order valence-electron chi connectivity index (χ3n) is 2.99. The molecule has 0 bridgehead atoms. The summed E-state index contributed by atoms with van der Waals surface area (Å²) in [6, 6.07) is 6.73. The molecule has 18 heavy (non-hydrogen) atoms. The van der Waals surface area contributed by atoms with Gasteiger partial charge in [-0.25, -0.2) is 0 Å². The Morgan fingerprint density at radius 2 is 2.11 bits per heavy atom. The fourth-order valence-electron chi connectivity index (χ4n) is 1.81. The summed E-state index contributed by atoms with van der Waals surface area (Å²) in [6.45, 7) is 3.97. The minimum atomic E-state index is -0.584. The van der Waals surface area contributed by atoms with Crippen LogP contribution in [0.1, 0.15) is 42.9 Å². The van der Waals surface area contributed by atoms with Gasteiger partial charge in [0.25, 0.3) is 5.69 Å². The predicted molar refractivity (Wildman–Crippen MR) is 65.8 cm³/mol. The molecule has 0 spiro atoms. The number of nitro benzene ring substituents is 1. The molecule has 0 fully saturated rings. The Morgan fingerprint density at radius 1 is 1.44 bits per heavy atom. The molecule has 5 heteroatoms. The van der Waals surface area contributed by atoms with Crippen molar-refractivity contribution in [3.63, 3.8) is 0 Å². The highest BCUT2D eigenvalue weighted by Crippen LogP contribution is 2.29. The summed E-state index contributed by atoms with van der Waals surface area (Å²) in [5, 5.41) is 28.6. The van der Waals surface area contributed by atoms with Crippen molar-refractivity contribution in [1.29, 1.82) is 10.5 Å². The molecular formula is C13H13N3O2. The lowest BCUT2D eigenvalue weighted by Gasteiger charge is -2.13. The molecule has 5 nitrogen and oxygen atoms in total. The van der Waals surface area contributed by atoms with Gasteiger partial charge in [0.05, 0.1) is 17.4 Å². The van der Waals surface area contributed by atoms with Crippen molar-refractivity contribution in [2.24, 2.45) is 0 Å². The van der Waals surface area contributed by atoms with Gasteiger partial charge in [-0.1, -0.05) is 13.8 Å². The summed E-state index contributed by atoms with van der Waals surface area (Å²) in [5.74, 6) is 0.168. The van der Waals surface area contributed by atoms with Crippen LogP contribution < -0.4 is 0 Å². The van der Waals surface area contributed by atoms with Crippen LogP contribution in [0, 0.1) is 32.8 Å². The maximum absolute atomic E-state index is 10.9. The summed E-state index contributed by atoms with van der Waals surface area (Å²) >= 11 is 0. The third-order valence-corrected chi connectivity index (χ3v) is 2.99. The molecule has 1 unspecified atom stereocenters. The molecule has 0 amide bonds. The fraction of sp³-hybridized carbons (Fsp3) is 0.385. The molecule has 92 valence electrons. The molecule has 0 aliphatic heterocycles. The van der Waals surface area contributed by atoms with Crippen LogP contribution in [0.5, 0.6) is 0 Å². The zero-order valence-electron chi connectivity index (χ0n) is 10.3. The van der Waals surface area contributed by atoms with Gasteiger partial charge in [0, 0.05) is 6.07 Å². The summed E-state index contributed by atoms with van der Waals surface area (Å²) in [4.78, 5) is 10.3. The molecule has 1 aromatic rings. The second-order valence-electron chi connectivity index (χ2n) is 4.08. The molecule has 1 atom stereocenters. The van der Waals surface area contributed by atoms with Crippen molar-refractivity contribution >= 4 is 5.69 Å². The molecule has 0 radical (unpaired) electrons. The van der Waals surface area contributed by atoms with Crippen LogP contribution in [-0.2, 0) is 6.42 Å². The Kier molecular flexibility index (Phi) is 4.39. The molecule has 0 N–H and O–H groups in total. The maximum Gasteiger partial charge on any atom is 0.287 e. The molecule has 0 aromatic heterocycles. The number of benzene rings is 1. The summed E-state index contributed by atoms with van der Waals surface area (Å²) in [7, 11) is 0. The van der Waals surface area contributed by atoms with Gasteiger partial charge in [0.1, 0.15) is 11.6 Å². The van der Waals surface area contributed by atoms with Crippen LogP contribution >= 0.6 is 0 Å². The Morgan fingerprint density at radius 3 is 2.56 bits per heavy atom. The van der Waals surface area contributed by atoms with Crippen LogP contribution in [0.15, 0.2) is 12.1 Å². The predicted octanol–water partition coefficient (Wildman–Crippen LogP) is 3.05. The average molecular weight is 243 g/mol. The Balaban J connectivity index is 3.48. The second-order valence-corrected chi connectivity index (χ2v) is 4.08. The Labute approximate surface area is 105 Å². The number of hydrogen-bond donors (Lipinski definition) is 0. The number of rotatable bonds is 4. The van der Waals surface area contributed by atoms with Gasteiger partial charge in [-0.15, -0.1) is 0 Å². The highest BCUT2D eigenvalue weighted by Gasteiger charge is 2.19. The van der Waals surface area contributed by atoms with Crippen LogP contribution in [0.4, 0.5) is 5.69 Å². The van der Waals surface area contributed by atoms with E-state index >= 15 is 0 Å². The van der Waals surface area contributed by atoms with E-state index in [-0.39, 0.29) is 23.6 Å². The molecule has 0 saturated carbocycles. The second kappa shape index (κ2) is 5.79. The van der Waals surface area contributed by atoms with Gasteiger partial charge in [-0.2, -0.15) is 10.5 Å². The van der Waals surface area contributed by atoms with Crippen LogP contribution in [0.25, 0.3) is 0 Å². The molecule has 0 saturated heterocycles. The van der Waals surface area contributed by atoms with Crippen LogP contribution in [-0.4, -0.2) is 4.92 Å². The lowest BCUT2D eigenvalue weighted by molar-refractivity contribution is -0.385. The first-order valence-corrected chi connectivity index (χ1v) is 5.63. The van der Waals surface area contributed by atoms with E-state index in [1.807, 2.05) is 26.0 Å². The van der Waals surface area contributed by atoms with E-state index in [9.17, 15) is 10.1 Å². The van der Waals surface area contributed by atoms with E-state index in [0.717, 1.165) is 12.0 Å². The highest BCUT2D eigenvalue weighted by atomic mass is 16.6. The van der Waals surface area contributed by atoms with Gasteiger partial charge in [0.15, 0.2) is 0 Å². The molecule has 0 aliphatic carbocycles. The van der Waals surface area contributed by atoms with Crippen molar-refractivity contribution < 1.29 is 4.92 Å². The minimum absolute atomic E-state index is 0.0528. The van der Waals surface area contributed by atoms with Gasteiger partial charge >= 0.3 is 0 Å². The zero-order chi connectivity index (χ0) is 13.7. The monoisotopic (exact) mass is 243 g/mol. The first-order chi connectivity index (χ1) is 8.54. The van der Waals surface area contributed by atoms with Crippen molar-refractivity contribution in [1.82, 2.24) is 0 Å². The van der Waals surface area contributed by atoms with E-state index in [2.05, 4.69) is 0 Å².